The van der Waals surface area contributed by atoms with Gasteiger partial charge in [0.25, 0.3) is 0 Å². The Kier molecular flexibility index (Phi) is 6.57. The standard InChI is InChI=1S/C38H30N4/c1-26-12-9-19-31(24-26)40-38(41-33-20-10-17-29-18-11-23-39-36(29)33)42-34-25-27(2)21-22-32(34)35(28-13-5-3-6-14-28)37(42)30-15-7-4-8-16-30/h3-25H,1-2H3,(H,40,41). The Labute approximate surface area is 245 Å². The van der Waals surface area contributed by atoms with E-state index in [1.165, 1.54) is 16.5 Å². The number of pyridine rings is 1. The first-order valence-corrected chi connectivity index (χ1v) is 14.2. The van der Waals surface area contributed by atoms with Crippen LogP contribution in [0.2, 0.25) is 0 Å². The van der Waals surface area contributed by atoms with Crippen LogP contribution in [0.4, 0.5) is 11.4 Å². The summed E-state index contributed by atoms with van der Waals surface area (Å²) in [6.07, 6.45) is 1.84. The maximum absolute atomic E-state index is 5.31. The SMILES string of the molecule is Cc1cccc(N=C(Nc2cccc3cccnc23)n2c(-c3ccccc3)c(-c3ccccc3)c3ccc(C)cc32)c1. The summed E-state index contributed by atoms with van der Waals surface area (Å²) in [5.41, 5.74) is 10.6. The summed E-state index contributed by atoms with van der Waals surface area (Å²) in [6, 6.07) is 46.5. The van der Waals surface area contributed by atoms with Crippen LogP contribution < -0.4 is 5.32 Å². The molecule has 0 spiro atoms. The molecule has 0 fully saturated rings. The molecule has 7 rings (SSSR count). The minimum atomic E-state index is 0.704. The second-order valence-corrected chi connectivity index (χ2v) is 10.6. The Morgan fingerprint density at radius 2 is 1.38 bits per heavy atom. The summed E-state index contributed by atoms with van der Waals surface area (Å²) >= 11 is 0. The Morgan fingerprint density at radius 3 is 2.17 bits per heavy atom. The van der Waals surface area contributed by atoms with Crippen LogP contribution in [0.1, 0.15) is 11.1 Å². The molecular formula is C38H30N4. The van der Waals surface area contributed by atoms with Crippen molar-refractivity contribution in [3.05, 3.63) is 151 Å². The molecule has 0 aliphatic carbocycles. The van der Waals surface area contributed by atoms with Crippen molar-refractivity contribution in [1.29, 1.82) is 0 Å². The fraction of sp³-hybridized carbons (Fsp3) is 0.0526. The molecule has 0 bridgehead atoms. The third kappa shape index (κ3) is 4.73. The van der Waals surface area contributed by atoms with Crippen molar-refractivity contribution in [1.82, 2.24) is 9.55 Å². The molecule has 2 heterocycles. The summed E-state index contributed by atoms with van der Waals surface area (Å²) in [7, 11) is 0. The van der Waals surface area contributed by atoms with Gasteiger partial charge in [-0.2, -0.15) is 0 Å². The minimum Gasteiger partial charge on any atom is -0.323 e. The van der Waals surface area contributed by atoms with Gasteiger partial charge >= 0.3 is 0 Å². The maximum Gasteiger partial charge on any atom is 0.213 e. The molecule has 5 aromatic carbocycles. The smallest absolute Gasteiger partial charge is 0.213 e. The first kappa shape index (κ1) is 25.5. The first-order valence-electron chi connectivity index (χ1n) is 14.2. The number of rotatable bonds is 4. The van der Waals surface area contributed by atoms with Crippen molar-refractivity contribution >= 4 is 39.1 Å². The molecule has 0 aliphatic heterocycles. The van der Waals surface area contributed by atoms with E-state index in [1.807, 2.05) is 18.3 Å². The molecule has 4 heteroatoms. The molecule has 2 aromatic heterocycles. The number of nitrogens with zero attached hydrogens (tertiary/aromatic N) is 3. The Hall–Kier alpha value is -5.48. The minimum absolute atomic E-state index is 0.704. The molecule has 0 aliphatic rings. The summed E-state index contributed by atoms with van der Waals surface area (Å²) in [5.74, 6) is 0.704. The number of aliphatic imine (C=N–C) groups is 1. The van der Waals surface area contributed by atoms with Gasteiger partial charge in [0.05, 0.1) is 28.1 Å². The van der Waals surface area contributed by atoms with Crippen LogP contribution in [-0.2, 0) is 0 Å². The number of anilines is 1. The molecule has 0 saturated carbocycles. The van der Waals surface area contributed by atoms with Crippen LogP contribution in [-0.4, -0.2) is 15.5 Å². The van der Waals surface area contributed by atoms with Crippen molar-refractivity contribution in [2.24, 2.45) is 4.99 Å². The van der Waals surface area contributed by atoms with Crippen LogP contribution in [0, 0.1) is 13.8 Å². The number of benzene rings is 5. The fourth-order valence-electron chi connectivity index (χ4n) is 5.66. The van der Waals surface area contributed by atoms with Crippen molar-refractivity contribution in [3.8, 4) is 22.4 Å². The molecule has 0 unspecified atom stereocenters. The quantitative estimate of drug-likeness (QED) is 0.178. The van der Waals surface area contributed by atoms with Gasteiger partial charge in [-0.25, -0.2) is 4.99 Å². The normalized spacial score (nSPS) is 11.7. The molecular weight excluding hydrogens is 512 g/mol. The number of aromatic nitrogens is 2. The van der Waals surface area contributed by atoms with E-state index in [9.17, 15) is 0 Å². The van der Waals surface area contributed by atoms with Gasteiger partial charge in [-0.05, 0) is 66.4 Å². The molecule has 7 aromatic rings. The average molecular weight is 543 g/mol. The second kappa shape index (κ2) is 10.8. The lowest BCUT2D eigenvalue weighted by Crippen LogP contribution is -2.23. The van der Waals surface area contributed by atoms with Gasteiger partial charge in [0.2, 0.25) is 5.96 Å². The highest BCUT2D eigenvalue weighted by Gasteiger charge is 2.24. The van der Waals surface area contributed by atoms with Crippen LogP contribution in [0.25, 0.3) is 44.2 Å². The lowest BCUT2D eigenvalue weighted by Gasteiger charge is -2.18. The van der Waals surface area contributed by atoms with Crippen molar-refractivity contribution < 1.29 is 0 Å². The van der Waals surface area contributed by atoms with Crippen LogP contribution >= 0.6 is 0 Å². The van der Waals surface area contributed by atoms with E-state index in [0.29, 0.717) is 5.96 Å². The molecule has 0 radical (unpaired) electrons. The third-order valence-corrected chi connectivity index (χ3v) is 7.56. The largest absolute Gasteiger partial charge is 0.323 e. The van der Waals surface area contributed by atoms with Crippen molar-refractivity contribution in [2.75, 3.05) is 5.32 Å². The Balaban J connectivity index is 1.59. The summed E-state index contributed by atoms with van der Waals surface area (Å²) < 4.78 is 2.28. The number of aryl methyl sites for hydroxylation is 2. The molecule has 42 heavy (non-hydrogen) atoms. The number of para-hydroxylation sites is 1. The average Bonchev–Trinajstić information content (AvgIpc) is 3.36. The highest BCUT2D eigenvalue weighted by atomic mass is 15.2. The van der Waals surface area contributed by atoms with E-state index in [1.54, 1.807) is 0 Å². The highest BCUT2D eigenvalue weighted by Crippen LogP contribution is 2.41. The molecule has 0 atom stereocenters. The van der Waals surface area contributed by atoms with Gasteiger partial charge in [-0.15, -0.1) is 0 Å². The van der Waals surface area contributed by atoms with E-state index >= 15 is 0 Å². The number of hydrogen-bond donors (Lipinski definition) is 1. The molecule has 202 valence electrons. The third-order valence-electron chi connectivity index (χ3n) is 7.56. The van der Waals surface area contributed by atoms with Gasteiger partial charge in [0, 0.05) is 22.5 Å². The van der Waals surface area contributed by atoms with Gasteiger partial charge in [0.15, 0.2) is 0 Å². The highest BCUT2D eigenvalue weighted by molar-refractivity contribution is 6.14. The Morgan fingerprint density at radius 1 is 0.667 bits per heavy atom. The first-order chi connectivity index (χ1) is 20.7. The number of hydrogen-bond acceptors (Lipinski definition) is 2. The second-order valence-electron chi connectivity index (χ2n) is 10.6. The fourth-order valence-corrected chi connectivity index (χ4v) is 5.66. The lowest BCUT2D eigenvalue weighted by atomic mass is 9.98. The van der Waals surface area contributed by atoms with E-state index in [2.05, 4.69) is 145 Å². The van der Waals surface area contributed by atoms with Gasteiger partial charge in [0.1, 0.15) is 0 Å². The van der Waals surface area contributed by atoms with Crippen LogP contribution in [0.5, 0.6) is 0 Å². The lowest BCUT2D eigenvalue weighted by molar-refractivity contribution is 1.19. The molecule has 1 N–H and O–H groups in total. The topological polar surface area (TPSA) is 42.2 Å². The molecule has 4 nitrogen and oxygen atoms in total. The van der Waals surface area contributed by atoms with Crippen LogP contribution in [0.15, 0.2) is 145 Å². The van der Waals surface area contributed by atoms with Gasteiger partial charge in [-0.1, -0.05) is 103 Å². The molecule has 0 saturated heterocycles. The van der Waals surface area contributed by atoms with E-state index in [4.69, 9.17) is 9.98 Å². The monoisotopic (exact) mass is 542 g/mol. The zero-order valence-electron chi connectivity index (χ0n) is 23.6. The Bertz CT molecular complexity index is 2070. The predicted molar refractivity (Wildman–Crippen MR) is 177 cm³/mol. The van der Waals surface area contributed by atoms with E-state index in [0.717, 1.165) is 50.2 Å². The summed E-state index contributed by atoms with van der Waals surface area (Å²) in [5, 5.41) is 5.98. The molecule has 0 amide bonds. The predicted octanol–water partition coefficient (Wildman–Crippen LogP) is 9.79. The van der Waals surface area contributed by atoms with Gasteiger partial charge < -0.3 is 5.32 Å². The maximum atomic E-state index is 5.31. The van der Waals surface area contributed by atoms with Crippen LogP contribution in [0.3, 0.4) is 0 Å². The van der Waals surface area contributed by atoms with E-state index in [-0.39, 0.29) is 0 Å². The zero-order valence-corrected chi connectivity index (χ0v) is 23.6. The number of fused-ring (bicyclic) bond motifs is 2. The van der Waals surface area contributed by atoms with Crippen molar-refractivity contribution in [3.63, 3.8) is 0 Å². The van der Waals surface area contributed by atoms with Crippen molar-refractivity contribution in [2.45, 2.75) is 13.8 Å². The number of nitrogens with one attached hydrogen (secondary N) is 1. The van der Waals surface area contributed by atoms with Gasteiger partial charge in [-0.3, -0.25) is 9.55 Å². The summed E-state index contributed by atoms with van der Waals surface area (Å²) in [6.45, 7) is 4.23. The zero-order chi connectivity index (χ0) is 28.5. The van der Waals surface area contributed by atoms with E-state index < -0.39 is 0 Å². The summed E-state index contributed by atoms with van der Waals surface area (Å²) in [4.78, 5) is 10.0.